The molecule has 0 saturated heterocycles. The van der Waals surface area contributed by atoms with Crippen LogP contribution in [-0.2, 0) is 0 Å². The van der Waals surface area contributed by atoms with E-state index in [0.29, 0.717) is 0 Å². The summed E-state index contributed by atoms with van der Waals surface area (Å²) in [4.78, 5) is 0. The highest BCUT2D eigenvalue weighted by molar-refractivity contribution is 7.03. The minimum Gasteiger partial charge on any atom is -0.127 e. The van der Waals surface area contributed by atoms with Gasteiger partial charge in [-0.25, -0.2) is 0 Å². The average Bonchev–Trinajstić information content (AvgIpc) is 1.67. The summed E-state index contributed by atoms with van der Waals surface area (Å²) in [6.07, 6.45) is 0. The Kier molecular flexibility index (Phi) is 3.85. The topological polar surface area (TPSA) is 0 Å². The van der Waals surface area contributed by atoms with Gasteiger partial charge in [-0.2, -0.15) is 0 Å². The zero-order valence-electron chi connectivity index (χ0n) is 6.41. The van der Waals surface area contributed by atoms with Gasteiger partial charge in [-0.15, -0.1) is 10.9 Å². The lowest BCUT2D eigenvalue weighted by molar-refractivity contribution is 1.53. The maximum absolute atomic E-state index is 2.21. The average molecular weight is 106 g/mol. The Balaban J connectivity index is 3.62. The van der Waals surface area contributed by atoms with E-state index in [2.05, 4.69) is 28.5 Å². The fourth-order valence-electron chi connectivity index (χ4n) is 0.625. The summed E-state index contributed by atoms with van der Waals surface area (Å²) >= 11 is 0. The van der Waals surface area contributed by atoms with Crippen molar-refractivity contribution in [2.45, 2.75) is 20.7 Å². The van der Waals surface area contributed by atoms with E-state index < -0.39 is 0 Å². The summed E-state index contributed by atoms with van der Waals surface area (Å²) in [5, 5.41) is 0. The molecule has 0 aromatic carbocycles. The van der Waals surface area contributed by atoms with Crippen LogP contribution in [0.3, 0.4) is 0 Å². The predicted molar refractivity (Wildman–Crippen MR) is 47.1 cm³/mol. The molecule has 0 aliphatic heterocycles. The van der Waals surface area contributed by atoms with Gasteiger partial charge in [-0.1, -0.05) is 20.7 Å². The third-order valence-electron chi connectivity index (χ3n) is 1.48. The van der Waals surface area contributed by atoms with E-state index in [1.165, 1.54) is 19.8 Å². The molecule has 0 fully saturated rings. The molecule has 0 aliphatic rings. The van der Waals surface area contributed by atoms with Crippen molar-refractivity contribution in [2.24, 2.45) is 0 Å². The van der Waals surface area contributed by atoms with Gasteiger partial charge in [0.05, 0.1) is 7.17 Å². The van der Waals surface area contributed by atoms with Gasteiger partial charge in [0.2, 0.25) is 0 Å². The van der Waals surface area contributed by atoms with Crippen molar-refractivity contribution in [3.05, 3.63) is 10.9 Å². The van der Waals surface area contributed by atoms with E-state index in [4.69, 9.17) is 0 Å². The Hall–Kier alpha value is -0.0652. The molecule has 0 aromatic heterocycles. The molecule has 0 rings (SSSR count). The lowest BCUT2D eigenvalue weighted by atomic mass is 9.37. The van der Waals surface area contributed by atoms with Crippen LogP contribution in [0.25, 0.3) is 0 Å². The first-order valence-electron chi connectivity index (χ1n) is 3.31. The zero-order chi connectivity index (χ0) is 6.57. The predicted octanol–water partition coefficient (Wildman–Crippen LogP) is -0.293. The number of allylic oxidation sites excluding steroid dienone is 2. The summed E-state index contributed by atoms with van der Waals surface area (Å²) in [5.41, 5.74) is 3.03. The fraction of sp³-hybridized carbons (Fsp3) is 0.600. The molecule has 0 bridgehead atoms. The highest BCUT2D eigenvalue weighted by atomic mass is 13.7. The molecule has 0 amide bonds. The van der Waals surface area contributed by atoms with Crippen molar-refractivity contribution in [3.63, 3.8) is 0 Å². The Morgan fingerprint density at radius 1 is 1.38 bits per heavy atom. The Bertz CT molecular complexity index is 91.8. The Morgan fingerprint density at radius 3 is 2.00 bits per heavy atom. The van der Waals surface area contributed by atoms with Crippen LogP contribution in [0, 0.1) is 0 Å². The second-order valence-electron chi connectivity index (χ2n) is 2.53. The van der Waals surface area contributed by atoms with Gasteiger partial charge >= 0.3 is 0 Å². The monoisotopic (exact) mass is 106 g/mol. The fourth-order valence-corrected chi connectivity index (χ4v) is 0.625. The molecular weight excluding hydrogens is 92.5 g/mol. The van der Waals surface area contributed by atoms with Crippen LogP contribution in [0.15, 0.2) is 10.9 Å². The lowest BCUT2D eigenvalue weighted by Gasteiger charge is -1.96. The first kappa shape index (κ1) is 7.93. The van der Waals surface area contributed by atoms with Crippen molar-refractivity contribution in [1.29, 1.82) is 0 Å². The molecule has 0 spiro atoms. The van der Waals surface area contributed by atoms with Crippen LogP contribution in [0.2, 0.25) is 6.82 Å². The van der Waals surface area contributed by atoms with Crippen molar-refractivity contribution in [2.75, 3.05) is 0 Å². The molecule has 0 radical (unpaired) electrons. The summed E-state index contributed by atoms with van der Waals surface area (Å²) in [6.45, 7) is 6.59. The summed E-state index contributed by atoms with van der Waals surface area (Å²) in [7, 11) is 4.71. The van der Waals surface area contributed by atoms with Gasteiger partial charge in [-0.05, 0) is 0 Å². The molecule has 42 valence electrons. The molecule has 0 aromatic rings. The van der Waals surface area contributed by atoms with Gasteiger partial charge < -0.3 is 0 Å². The molecule has 0 unspecified atom stereocenters. The molecule has 0 nitrogen and oxygen atoms in total. The minimum absolute atomic E-state index is 1.27. The van der Waals surface area contributed by atoms with E-state index in [0.717, 1.165) is 0 Å². The maximum atomic E-state index is 2.21. The van der Waals surface area contributed by atoms with E-state index in [-0.39, 0.29) is 0 Å². The van der Waals surface area contributed by atoms with Gasteiger partial charge in [0.25, 0.3) is 0 Å². The second-order valence-corrected chi connectivity index (χ2v) is 2.53. The highest BCUT2D eigenvalue weighted by Crippen LogP contribution is 1.93. The molecular formula is C5H13B3. The standard InChI is InChI=1S/C5H13B3/c1-4(6)5(2)8-7-3/h7-8H,6H2,1-3H3/b5-4-. The number of hydrogen-bond donors (Lipinski definition) is 0. The van der Waals surface area contributed by atoms with E-state index in [1.54, 1.807) is 5.47 Å². The maximum Gasteiger partial charge on any atom is 0.132 e. The molecule has 8 heavy (non-hydrogen) atoms. The van der Waals surface area contributed by atoms with Crippen LogP contribution in [0.4, 0.5) is 0 Å². The third kappa shape index (κ3) is 3.01. The minimum atomic E-state index is 1.27. The van der Waals surface area contributed by atoms with Crippen LogP contribution < -0.4 is 0 Å². The van der Waals surface area contributed by atoms with Crippen molar-refractivity contribution in [1.82, 2.24) is 0 Å². The zero-order valence-corrected chi connectivity index (χ0v) is 6.41. The quantitative estimate of drug-likeness (QED) is 0.424. The van der Waals surface area contributed by atoms with Crippen molar-refractivity contribution >= 4 is 22.2 Å². The van der Waals surface area contributed by atoms with E-state index >= 15 is 0 Å². The molecule has 0 heterocycles. The van der Waals surface area contributed by atoms with Crippen LogP contribution in [-0.4, -0.2) is 22.2 Å². The van der Waals surface area contributed by atoms with Gasteiger partial charge in [0.1, 0.15) is 15.0 Å². The number of hydrogen-bond acceptors (Lipinski definition) is 0. The van der Waals surface area contributed by atoms with Crippen molar-refractivity contribution < 1.29 is 0 Å². The Morgan fingerprint density at radius 2 is 1.88 bits per heavy atom. The first-order valence-corrected chi connectivity index (χ1v) is 3.31. The summed E-state index contributed by atoms with van der Waals surface area (Å²) in [5.74, 6) is 0. The van der Waals surface area contributed by atoms with Gasteiger partial charge in [0.15, 0.2) is 0 Å². The second kappa shape index (κ2) is 3.88. The normalized spacial score (nSPS) is 12.4. The SMILES string of the molecule is B/C(C)=C(/C)BBC. The molecule has 0 saturated carbocycles. The van der Waals surface area contributed by atoms with Crippen LogP contribution >= 0.6 is 0 Å². The van der Waals surface area contributed by atoms with Gasteiger partial charge in [0, 0.05) is 0 Å². The molecule has 3 heteroatoms. The Labute approximate surface area is 54.6 Å². The smallest absolute Gasteiger partial charge is 0.127 e. The third-order valence-corrected chi connectivity index (χ3v) is 1.48. The van der Waals surface area contributed by atoms with Gasteiger partial charge in [-0.3, -0.25) is 0 Å². The summed E-state index contributed by atoms with van der Waals surface area (Å²) < 4.78 is 0. The van der Waals surface area contributed by atoms with Crippen molar-refractivity contribution in [3.8, 4) is 0 Å². The lowest BCUT2D eigenvalue weighted by Crippen LogP contribution is -2.02. The summed E-state index contributed by atoms with van der Waals surface area (Å²) in [6, 6.07) is 0. The van der Waals surface area contributed by atoms with E-state index in [9.17, 15) is 0 Å². The largest absolute Gasteiger partial charge is 0.132 e. The molecule has 0 aliphatic carbocycles. The van der Waals surface area contributed by atoms with E-state index in [1.807, 2.05) is 0 Å². The highest BCUT2D eigenvalue weighted by Gasteiger charge is 1.90. The van der Waals surface area contributed by atoms with Crippen LogP contribution in [0.1, 0.15) is 13.8 Å². The molecule has 0 N–H and O–H groups in total. The molecule has 0 atom stereocenters. The number of rotatable bonds is 2. The van der Waals surface area contributed by atoms with Crippen LogP contribution in [0.5, 0.6) is 0 Å². The first-order chi connectivity index (χ1) is 3.68.